The van der Waals surface area contributed by atoms with Crippen LogP contribution in [0.1, 0.15) is 0 Å². The van der Waals surface area contributed by atoms with Crippen LogP contribution >= 0.6 is 0 Å². The largest absolute Gasteiger partial charge is 0.299 e. The minimum atomic E-state index is 0.635. The van der Waals surface area contributed by atoms with Gasteiger partial charge in [-0.3, -0.25) is 9.98 Å². The van der Waals surface area contributed by atoms with Crippen molar-refractivity contribution in [3.8, 4) is 0 Å². The van der Waals surface area contributed by atoms with E-state index in [2.05, 4.69) is 16.7 Å². The molecule has 0 saturated carbocycles. The van der Waals surface area contributed by atoms with Crippen LogP contribution in [0.3, 0.4) is 0 Å². The van der Waals surface area contributed by atoms with Crippen molar-refractivity contribution in [3.63, 3.8) is 0 Å². The first-order valence-corrected chi connectivity index (χ1v) is 1.75. The molecule has 0 aromatic heterocycles. The van der Waals surface area contributed by atoms with Crippen LogP contribution in [-0.4, -0.2) is 26.5 Å². The molecule has 0 aliphatic rings. The lowest BCUT2D eigenvalue weighted by Crippen LogP contribution is -1.75. The maximum absolute atomic E-state index is 3.67. The van der Waals surface area contributed by atoms with Crippen molar-refractivity contribution in [2.24, 2.45) is 9.98 Å². The molecular formula is C4H8N2. The first-order valence-electron chi connectivity index (χ1n) is 1.75. The highest BCUT2D eigenvalue weighted by molar-refractivity contribution is 5.60. The monoisotopic (exact) mass is 84.1 g/mol. The minimum absolute atomic E-state index is 0.635. The van der Waals surface area contributed by atoms with Gasteiger partial charge in [-0.15, -0.1) is 0 Å². The van der Waals surface area contributed by atoms with Crippen molar-refractivity contribution >= 4 is 12.9 Å². The Bertz CT molecular complexity index is 56.6. The lowest BCUT2D eigenvalue weighted by atomic mass is 10.7. The molecular weight excluding hydrogens is 76.1 g/mol. The zero-order valence-corrected chi connectivity index (χ0v) is 3.89. The highest BCUT2D eigenvalue weighted by Crippen LogP contribution is 1.55. The van der Waals surface area contributed by atoms with E-state index in [1.165, 1.54) is 0 Å². The van der Waals surface area contributed by atoms with Crippen LogP contribution in [0.2, 0.25) is 0 Å². The number of aliphatic imine (C=N–C) groups is 2. The molecule has 0 aromatic rings. The number of rotatable bonds is 2. The van der Waals surface area contributed by atoms with Gasteiger partial charge in [-0.25, -0.2) is 0 Å². The lowest BCUT2D eigenvalue weighted by Gasteiger charge is -1.71. The van der Waals surface area contributed by atoms with Crippen LogP contribution in [0.5, 0.6) is 0 Å². The maximum atomic E-state index is 3.67. The predicted octanol–water partition coefficient (Wildman–Crippen LogP) is 0.388. The van der Waals surface area contributed by atoms with E-state index >= 15 is 0 Å². The summed E-state index contributed by atoms with van der Waals surface area (Å²) >= 11 is 0. The molecule has 0 heterocycles. The van der Waals surface area contributed by atoms with Gasteiger partial charge in [0.1, 0.15) is 0 Å². The SMILES string of the molecule is C=NC/C=N\C. The van der Waals surface area contributed by atoms with Crippen molar-refractivity contribution in [1.82, 2.24) is 0 Å². The third-order valence-electron chi connectivity index (χ3n) is 0.393. The van der Waals surface area contributed by atoms with E-state index in [0.29, 0.717) is 6.54 Å². The fraction of sp³-hybridized carbons (Fsp3) is 0.500. The Morgan fingerprint density at radius 3 is 2.67 bits per heavy atom. The summed E-state index contributed by atoms with van der Waals surface area (Å²) < 4.78 is 0. The van der Waals surface area contributed by atoms with E-state index in [0.717, 1.165) is 0 Å². The molecule has 0 saturated heterocycles. The lowest BCUT2D eigenvalue weighted by molar-refractivity contribution is 1.32. The summed E-state index contributed by atoms with van der Waals surface area (Å²) in [4.78, 5) is 7.19. The summed E-state index contributed by atoms with van der Waals surface area (Å²) in [5, 5.41) is 0. The molecule has 0 unspecified atom stereocenters. The number of hydrogen-bond acceptors (Lipinski definition) is 2. The third kappa shape index (κ3) is 3.34. The maximum Gasteiger partial charge on any atom is 0.0730 e. The topological polar surface area (TPSA) is 24.7 Å². The van der Waals surface area contributed by atoms with E-state index in [4.69, 9.17) is 0 Å². The van der Waals surface area contributed by atoms with E-state index in [-0.39, 0.29) is 0 Å². The van der Waals surface area contributed by atoms with E-state index < -0.39 is 0 Å². The molecule has 0 aliphatic carbocycles. The van der Waals surface area contributed by atoms with Gasteiger partial charge in [0.25, 0.3) is 0 Å². The Labute approximate surface area is 37.6 Å². The summed E-state index contributed by atoms with van der Waals surface area (Å²) in [6, 6.07) is 0. The van der Waals surface area contributed by atoms with E-state index in [1.807, 2.05) is 0 Å². The summed E-state index contributed by atoms with van der Waals surface area (Å²) in [6.45, 7) is 3.89. The molecule has 0 spiro atoms. The van der Waals surface area contributed by atoms with Crippen LogP contribution in [0.15, 0.2) is 9.98 Å². The van der Waals surface area contributed by atoms with Gasteiger partial charge < -0.3 is 0 Å². The fourth-order valence-electron chi connectivity index (χ4n) is 0.139. The van der Waals surface area contributed by atoms with E-state index in [9.17, 15) is 0 Å². The second-order valence-electron chi connectivity index (χ2n) is 0.847. The van der Waals surface area contributed by atoms with Gasteiger partial charge in [0.2, 0.25) is 0 Å². The minimum Gasteiger partial charge on any atom is -0.299 e. The average molecular weight is 84.1 g/mol. The van der Waals surface area contributed by atoms with E-state index in [1.54, 1.807) is 13.3 Å². The van der Waals surface area contributed by atoms with Gasteiger partial charge in [0, 0.05) is 13.3 Å². The zero-order valence-electron chi connectivity index (χ0n) is 3.89. The predicted molar refractivity (Wildman–Crippen MR) is 28.8 cm³/mol. The molecule has 34 valence electrons. The average Bonchev–Trinajstić information content (AvgIpc) is 1.61. The van der Waals surface area contributed by atoms with Crippen molar-refractivity contribution < 1.29 is 0 Å². The van der Waals surface area contributed by atoms with Crippen LogP contribution in [-0.2, 0) is 0 Å². The summed E-state index contributed by atoms with van der Waals surface area (Å²) in [5.74, 6) is 0. The van der Waals surface area contributed by atoms with Crippen molar-refractivity contribution in [1.29, 1.82) is 0 Å². The van der Waals surface area contributed by atoms with Crippen LogP contribution in [0.25, 0.3) is 0 Å². The van der Waals surface area contributed by atoms with Crippen molar-refractivity contribution in [2.75, 3.05) is 13.6 Å². The van der Waals surface area contributed by atoms with Gasteiger partial charge in [0.15, 0.2) is 0 Å². The molecule has 0 amide bonds. The van der Waals surface area contributed by atoms with Crippen molar-refractivity contribution in [2.45, 2.75) is 0 Å². The van der Waals surface area contributed by atoms with Gasteiger partial charge in [0.05, 0.1) is 6.54 Å². The molecule has 2 nitrogen and oxygen atoms in total. The Kier molecular flexibility index (Phi) is 3.86. The molecule has 0 bridgehead atoms. The molecule has 0 rings (SSSR count). The molecule has 0 aromatic carbocycles. The first kappa shape index (κ1) is 5.34. The second kappa shape index (κ2) is 4.34. The molecule has 0 atom stereocenters. The molecule has 0 aliphatic heterocycles. The molecule has 0 fully saturated rings. The molecule has 6 heavy (non-hydrogen) atoms. The summed E-state index contributed by atoms with van der Waals surface area (Å²) in [6.07, 6.45) is 1.70. The Morgan fingerprint density at radius 2 is 2.50 bits per heavy atom. The highest BCUT2D eigenvalue weighted by atomic mass is 14.7. The number of hydrogen-bond donors (Lipinski definition) is 0. The van der Waals surface area contributed by atoms with Crippen molar-refractivity contribution in [3.05, 3.63) is 0 Å². The van der Waals surface area contributed by atoms with Gasteiger partial charge >= 0.3 is 0 Å². The van der Waals surface area contributed by atoms with Crippen LogP contribution in [0, 0.1) is 0 Å². The van der Waals surface area contributed by atoms with Gasteiger partial charge in [-0.05, 0) is 6.72 Å². The van der Waals surface area contributed by atoms with Crippen LogP contribution in [0.4, 0.5) is 0 Å². The quantitative estimate of drug-likeness (QED) is 0.432. The number of nitrogens with zero attached hydrogens (tertiary/aromatic N) is 2. The standard InChI is InChI=1S/C4H8N2/c1-5-3-4-6-2/h4H,1,3H2,2H3/b6-4-. The van der Waals surface area contributed by atoms with Gasteiger partial charge in [-0.2, -0.15) is 0 Å². The Hall–Kier alpha value is -0.660. The normalized spacial score (nSPS) is 9.50. The summed E-state index contributed by atoms with van der Waals surface area (Å²) in [5.41, 5.74) is 0. The van der Waals surface area contributed by atoms with Crippen LogP contribution < -0.4 is 0 Å². The first-order chi connectivity index (χ1) is 2.91. The fourth-order valence-corrected chi connectivity index (χ4v) is 0.139. The molecule has 0 radical (unpaired) electrons. The highest BCUT2D eigenvalue weighted by Gasteiger charge is 1.58. The summed E-state index contributed by atoms with van der Waals surface area (Å²) in [7, 11) is 1.71. The molecule has 0 N–H and O–H groups in total. The zero-order chi connectivity index (χ0) is 4.83. The Morgan fingerprint density at radius 1 is 1.83 bits per heavy atom. The third-order valence-corrected chi connectivity index (χ3v) is 0.393. The molecule has 2 heteroatoms. The Balaban J connectivity index is 2.85. The van der Waals surface area contributed by atoms with Gasteiger partial charge in [-0.1, -0.05) is 0 Å². The smallest absolute Gasteiger partial charge is 0.0730 e. The second-order valence-corrected chi connectivity index (χ2v) is 0.847.